The summed E-state index contributed by atoms with van der Waals surface area (Å²) in [4.78, 5) is 30.8. The number of nitrogens with zero attached hydrogens (tertiary/aromatic N) is 4. The molecule has 10 heteroatoms. The Morgan fingerprint density at radius 2 is 1.89 bits per heavy atom. The number of pyridine rings is 1. The van der Waals surface area contributed by atoms with Gasteiger partial charge in [0.15, 0.2) is 0 Å². The Morgan fingerprint density at radius 1 is 1.17 bits per heavy atom. The van der Waals surface area contributed by atoms with Gasteiger partial charge in [0.1, 0.15) is 6.04 Å². The molecule has 2 amide bonds. The van der Waals surface area contributed by atoms with Gasteiger partial charge in [-0.1, -0.05) is 18.8 Å². The van der Waals surface area contributed by atoms with Crippen molar-refractivity contribution >= 4 is 18.0 Å². The second kappa shape index (κ2) is 12.6. The Morgan fingerprint density at radius 3 is 2.51 bits per heavy atom. The van der Waals surface area contributed by atoms with Gasteiger partial charge in [-0.2, -0.15) is 5.10 Å². The summed E-state index contributed by atoms with van der Waals surface area (Å²) >= 11 is 0. The number of aliphatic hydroxyl groups is 1. The molecule has 3 rings (SSSR count). The van der Waals surface area contributed by atoms with Crippen LogP contribution in [0.3, 0.4) is 0 Å². The van der Waals surface area contributed by atoms with Gasteiger partial charge in [0, 0.05) is 43.5 Å². The van der Waals surface area contributed by atoms with Crippen LogP contribution in [0.4, 0.5) is 0 Å². The molecular formula is C25H30N6O4. The highest BCUT2D eigenvalue weighted by Gasteiger charge is 2.25. The maximum Gasteiger partial charge on any atom is 0.268 e. The molecule has 1 fully saturated rings. The molecule has 0 unspecified atom stereocenters. The number of aromatic nitrogens is 1. The number of aliphatic hydroxyl groups excluding tert-OH is 1. The van der Waals surface area contributed by atoms with Crippen molar-refractivity contribution in [1.82, 2.24) is 25.7 Å². The van der Waals surface area contributed by atoms with Crippen molar-refractivity contribution in [2.24, 2.45) is 5.10 Å². The van der Waals surface area contributed by atoms with Crippen LogP contribution in [0, 0.1) is 11.8 Å². The van der Waals surface area contributed by atoms with E-state index in [1.807, 2.05) is 17.1 Å². The first-order valence-corrected chi connectivity index (χ1v) is 11.4. The molecule has 1 aliphatic heterocycles. The summed E-state index contributed by atoms with van der Waals surface area (Å²) in [5.41, 5.74) is 3.81. The van der Waals surface area contributed by atoms with E-state index >= 15 is 0 Å². The second-order valence-corrected chi connectivity index (χ2v) is 8.06. The lowest BCUT2D eigenvalue weighted by molar-refractivity contribution is -0.133. The number of hydrogen-bond acceptors (Lipinski definition) is 8. The van der Waals surface area contributed by atoms with Gasteiger partial charge >= 0.3 is 0 Å². The van der Waals surface area contributed by atoms with Crippen molar-refractivity contribution in [1.29, 1.82) is 0 Å². The molecule has 35 heavy (non-hydrogen) atoms. The van der Waals surface area contributed by atoms with Crippen LogP contribution in [0.15, 0.2) is 47.7 Å². The standard InChI is InChI=1S/C25H30N6O4/c1-3-30-13-15-31(16-14-30)27-17-22-20(5-4-12-26-22)9-6-19-7-10-21(11-8-19)24(33)28-23(18(2)32)25(34)29-35/h4-5,7-8,10-12,17-18,23,32,35H,3,13-16H2,1-2H3,(H,28,33)(H,29,34)/b27-17+/t18-,23+/m1/s1. The predicted molar refractivity (Wildman–Crippen MR) is 131 cm³/mol. The lowest BCUT2D eigenvalue weighted by Crippen LogP contribution is -2.51. The molecule has 1 aliphatic rings. The lowest BCUT2D eigenvalue weighted by atomic mass is 10.1. The van der Waals surface area contributed by atoms with Crippen molar-refractivity contribution < 1.29 is 19.9 Å². The van der Waals surface area contributed by atoms with Crippen LogP contribution >= 0.6 is 0 Å². The number of hydrogen-bond donors (Lipinski definition) is 4. The van der Waals surface area contributed by atoms with Gasteiger partial charge in [0.05, 0.1) is 23.6 Å². The zero-order valence-electron chi connectivity index (χ0n) is 19.8. The first-order valence-electron chi connectivity index (χ1n) is 11.4. The Hall–Kier alpha value is -3.78. The van der Waals surface area contributed by atoms with Gasteiger partial charge in [0.25, 0.3) is 11.8 Å². The van der Waals surface area contributed by atoms with Crippen molar-refractivity contribution in [2.75, 3.05) is 32.7 Å². The molecule has 0 bridgehead atoms. The minimum absolute atomic E-state index is 0.282. The largest absolute Gasteiger partial charge is 0.391 e. The van der Waals surface area contributed by atoms with Crippen molar-refractivity contribution in [3.63, 3.8) is 0 Å². The smallest absolute Gasteiger partial charge is 0.268 e. The third-order valence-electron chi connectivity index (χ3n) is 5.63. The average molecular weight is 479 g/mol. The fourth-order valence-electron chi connectivity index (χ4n) is 3.48. The van der Waals surface area contributed by atoms with Crippen molar-refractivity contribution in [2.45, 2.75) is 26.0 Å². The molecule has 0 radical (unpaired) electrons. The van der Waals surface area contributed by atoms with Crippen molar-refractivity contribution in [3.8, 4) is 11.8 Å². The normalized spacial score (nSPS) is 15.7. The number of carbonyl (C=O) groups excluding carboxylic acids is 2. The van der Waals surface area contributed by atoms with E-state index in [-0.39, 0.29) is 5.56 Å². The van der Waals surface area contributed by atoms with Crippen LogP contribution < -0.4 is 10.8 Å². The number of amides is 2. The summed E-state index contributed by atoms with van der Waals surface area (Å²) in [6, 6.07) is 8.91. The van der Waals surface area contributed by atoms with E-state index in [9.17, 15) is 14.7 Å². The van der Waals surface area contributed by atoms with E-state index in [1.165, 1.54) is 12.4 Å². The first kappa shape index (κ1) is 25.8. The van der Waals surface area contributed by atoms with Gasteiger partial charge < -0.3 is 10.4 Å². The molecule has 2 heterocycles. The summed E-state index contributed by atoms with van der Waals surface area (Å²) in [7, 11) is 0. The van der Waals surface area contributed by atoms with Crippen LogP contribution in [0.2, 0.25) is 0 Å². The molecule has 184 valence electrons. The molecule has 0 aliphatic carbocycles. The highest BCUT2D eigenvalue weighted by Crippen LogP contribution is 2.08. The maximum absolute atomic E-state index is 12.4. The Kier molecular flexibility index (Phi) is 9.31. The summed E-state index contributed by atoms with van der Waals surface area (Å²) < 4.78 is 0. The van der Waals surface area contributed by atoms with Gasteiger partial charge in [-0.05, 0) is 49.9 Å². The fraction of sp³-hybridized carbons (Fsp3) is 0.360. The number of hydrazone groups is 1. The lowest BCUT2D eigenvalue weighted by Gasteiger charge is -2.32. The molecule has 1 saturated heterocycles. The quantitative estimate of drug-likeness (QED) is 0.197. The van der Waals surface area contributed by atoms with Crippen LogP contribution in [0.1, 0.15) is 41.0 Å². The molecule has 2 aromatic rings. The summed E-state index contributed by atoms with van der Waals surface area (Å²) in [5.74, 6) is 4.70. The van der Waals surface area contributed by atoms with E-state index in [0.717, 1.165) is 38.3 Å². The minimum Gasteiger partial charge on any atom is -0.391 e. The Bertz CT molecular complexity index is 1100. The van der Waals surface area contributed by atoms with Crippen LogP contribution in [0.25, 0.3) is 0 Å². The summed E-state index contributed by atoms with van der Waals surface area (Å²) in [6.45, 7) is 8.28. The van der Waals surface area contributed by atoms with E-state index in [4.69, 9.17) is 5.21 Å². The van der Waals surface area contributed by atoms with Gasteiger partial charge in [-0.3, -0.25) is 29.7 Å². The number of nitrogens with one attached hydrogen (secondary N) is 2. The third-order valence-corrected chi connectivity index (χ3v) is 5.63. The molecule has 0 saturated carbocycles. The zero-order valence-corrected chi connectivity index (χ0v) is 19.8. The van der Waals surface area contributed by atoms with Gasteiger partial charge in [-0.25, -0.2) is 5.48 Å². The highest BCUT2D eigenvalue weighted by atomic mass is 16.5. The molecule has 4 N–H and O–H groups in total. The average Bonchev–Trinajstić information content (AvgIpc) is 2.89. The van der Waals surface area contributed by atoms with Crippen molar-refractivity contribution in [3.05, 3.63) is 65.0 Å². The minimum atomic E-state index is -1.28. The first-order chi connectivity index (χ1) is 16.9. The summed E-state index contributed by atoms with van der Waals surface area (Å²) in [5, 5.41) is 27.4. The predicted octanol–water partition coefficient (Wildman–Crippen LogP) is 0.437. The van der Waals surface area contributed by atoms with E-state index in [1.54, 1.807) is 36.7 Å². The molecule has 1 aromatic carbocycles. The topological polar surface area (TPSA) is 130 Å². The van der Waals surface area contributed by atoms with Gasteiger partial charge in [-0.15, -0.1) is 0 Å². The number of rotatable bonds is 7. The summed E-state index contributed by atoms with van der Waals surface area (Å²) in [6.07, 6.45) is 2.25. The number of likely N-dealkylation sites (N-methyl/N-ethyl adjacent to an activating group) is 1. The number of benzene rings is 1. The molecular weight excluding hydrogens is 448 g/mol. The monoisotopic (exact) mass is 478 g/mol. The van der Waals surface area contributed by atoms with E-state index in [0.29, 0.717) is 11.3 Å². The van der Waals surface area contributed by atoms with Crippen LogP contribution in [-0.4, -0.2) is 88.1 Å². The SMILES string of the molecule is CCN1CCN(/N=C/c2ncccc2C#Cc2ccc(C(=O)N[C@H](C(=O)NO)[C@@H](C)O)cc2)CC1. The zero-order chi connectivity index (χ0) is 25.2. The third kappa shape index (κ3) is 7.35. The van der Waals surface area contributed by atoms with E-state index < -0.39 is 24.0 Å². The molecule has 0 spiro atoms. The van der Waals surface area contributed by atoms with E-state index in [2.05, 4.69) is 39.1 Å². The van der Waals surface area contributed by atoms with Crippen LogP contribution in [0.5, 0.6) is 0 Å². The Balaban J connectivity index is 1.66. The maximum atomic E-state index is 12.4. The molecule has 2 atom stereocenters. The number of hydroxylamine groups is 1. The highest BCUT2D eigenvalue weighted by molar-refractivity contribution is 5.97. The molecule has 10 nitrogen and oxygen atoms in total. The molecule has 1 aromatic heterocycles. The van der Waals surface area contributed by atoms with Crippen LogP contribution in [-0.2, 0) is 4.79 Å². The van der Waals surface area contributed by atoms with Gasteiger partial charge in [0.2, 0.25) is 0 Å². The number of carbonyl (C=O) groups is 2. The fourth-order valence-corrected chi connectivity index (χ4v) is 3.48. The second-order valence-electron chi connectivity index (χ2n) is 8.06. The Labute approximate surface area is 204 Å². The number of piperazine rings is 1.